The first-order valence-electron chi connectivity index (χ1n) is 13.6. The minimum atomic E-state index is -4.73. The fourth-order valence-electron chi connectivity index (χ4n) is 4.05. The van der Waals surface area contributed by atoms with Crippen molar-refractivity contribution in [2.75, 3.05) is 13.1 Å². The minimum absolute atomic E-state index is 0.104. The Morgan fingerprint density at radius 3 is 2.20 bits per heavy atom. The van der Waals surface area contributed by atoms with Crippen LogP contribution in [0.5, 0.6) is 0 Å². The van der Waals surface area contributed by atoms with Crippen molar-refractivity contribution in [3.63, 3.8) is 0 Å². The van der Waals surface area contributed by atoms with Crippen LogP contribution in [0, 0.1) is 0 Å². The van der Waals surface area contributed by atoms with E-state index >= 15 is 0 Å². The van der Waals surface area contributed by atoms with E-state index in [1.807, 2.05) is 6.92 Å². The van der Waals surface area contributed by atoms with Gasteiger partial charge in [-0.3, -0.25) is 10.1 Å². The van der Waals surface area contributed by atoms with Crippen LogP contribution in [0.1, 0.15) is 96.1 Å². The number of carbonyl (C=O) groups excluding carboxylic acids is 3. The van der Waals surface area contributed by atoms with Crippen molar-refractivity contribution in [3.05, 3.63) is 41.0 Å². The van der Waals surface area contributed by atoms with E-state index in [1.165, 1.54) is 12.1 Å². The molecular formula is C29H41F3N4O5. The molecule has 2 rings (SSSR count). The van der Waals surface area contributed by atoms with Crippen molar-refractivity contribution in [1.82, 2.24) is 15.5 Å². The zero-order chi connectivity index (χ0) is 31.2. The Bertz CT molecular complexity index is 1180. The normalized spacial score (nSPS) is 15.5. The van der Waals surface area contributed by atoms with Gasteiger partial charge in [0.1, 0.15) is 11.2 Å². The Morgan fingerprint density at radius 1 is 1.05 bits per heavy atom. The van der Waals surface area contributed by atoms with Crippen LogP contribution in [0.15, 0.2) is 29.3 Å². The topological polar surface area (TPSA) is 109 Å². The summed E-state index contributed by atoms with van der Waals surface area (Å²) in [5.74, 6) is -0.877. The fourth-order valence-corrected chi connectivity index (χ4v) is 4.05. The number of aliphatic imine (C=N–C) groups is 1. The molecule has 0 fully saturated rings. The average Bonchev–Trinajstić information content (AvgIpc) is 2.80. The van der Waals surface area contributed by atoms with Gasteiger partial charge in [-0.1, -0.05) is 25.5 Å². The monoisotopic (exact) mass is 582 g/mol. The number of alkyl halides is 3. The summed E-state index contributed by atoms with van der Waals surface area (Å²) in [6.07, 6.45) is -3.08. The van der Waals surface area contributed by atoms with Gasteiger partial charge in [0.05, 0.1) is 11.1 Å². The van der Waals surface area contributed by atoms with E-state index in [9.17, 15) is 27.6 Å². The molecule has 228 valence electrons. The lowest BCUT2D eigenvalue weighted by Crippen LogP contribution is -2.48. The molecule has 0 aliphatic carbocycles. The van der Waals surface area contributed by atoms with Gasteiger partial charge in [-0.05, 0) is 84.6 Å². The van der Waals surface area contributed by atoms with Crippen LogP contribution in [0.3, 0.4) is 0 Å². The Kier molecular flexibility index (Phi) is 11.0. The number of guanidine groups is 1. The Morgan fingerprint density at radius 2 is 1.68 bits per heavy atom. The van der Waals surface area contributed by atoms with Gasteiger partial charge in [0.15, 0.2) is 0 Å². The minimum Gasteiger partial charge on any atom is -0.444 e. The van der Waals surface area contributed by atoms with Crippen LogP contribution in [-0.2, 0) is 15.7 Å². The van der Waals surface area contributed by atoms with Crippen LogP contribution in [0.2, 0.25) is 0 Å². The highest BCUT2D eigenvalue weighted by Gasteiger charge is 2.36. The van der Waals surface area contributed by atoms with E-state index in [1.54, 1.807) is 59.4 Å². The van der Waals surface area contributed by atoms with E-state index in [0.717, 1.165) is 12.5 Å². The number of benzene rings is 1. The predicted octanol–water partition coefficient (Wildman–Crippen LogP) is 6.53. The molecule has 41 heavy (non-hydrogen) atoms. The third kappa shape index (κ3) is 11.1. The van der Waals surface area contributed by atoms with Crippen LogP contribution in [0.4, 0.5) is 22.8 Å². The molecule has 0 saturated heterocycles. The Hall–Kier alpha value is -3.57. The second kappa shape index (κ2) is 13.4. The van der Waals surface area contributed by atoms with Gasteiger partial charge in [-0.15, -0.1) is 4.99 Å². The number of hydrogen-bond acceptors (Lipinski definition) is 5. The highest BCUT2D eigenvalue weighted by atomic mass is 19.4. The lowest BCUT2D eigenvalue weighted by Gasteiger charge is -2.30. The Balaban J connectivity index is 2.33. The third-order valence-corrected chi connectivity index (χ3v) is 5.75. The molecule has 1 aliphatic rings. The first kappa shape index (κ1) is 33.6. The van der Waals surface area contributed by atoms with Crippen molar-refractivity contribution in [2.45, 2.75) is 98.1 Å². The molecule has 1 aromatic rings. The van der Waals surface area contributed by atoms with Gasteiger partial charge >= 0.3 is 18.4 Å². The van der Waals surface area contributed by atoms with Crippen LogP contribution >= 0.6 is 0 Å². The van der Waals surface area contributed by atoms with E-state index in [4.69, 9.17) is 9.47 Å². The molecule has 3 amide bonds. The van der Waals surface area contributed by atoms with Crippen LogP contribution in [-0.4, -0.2) is 59.3 Å². The average molecular weight is 583 g/mol. The fraction of sp³-hybridized carbons (Fsp3) is 0.586. The summed E-state index contributed by atoms with van der Waals surface area (Å²) in [6, 6.07) is 3.41. The van der Waals surface area contributed by atoms with Crippen molar-refractivity contribution in [1.29, 1.82) is 0 Å². The molecule has 0 saturated carbocycles. The molecule has 0 spiro atoms. The molecule has 0 aromatic heterocycles. The van der Waals surface area contributed by atoms with Crippen molar-refractivity contribution in [2.24, 2.45) is 4.99 Å². The first-order chi connectivity index (χ1) is 18.8. The van der Waals surface area contributed by atoms with Gasteiger partial charge < -0.3 is 19.7 Å². The third-order valence-electron chi connectivity index (χ3n) is 5.75. The first-order valence-corrected chi connectivity index (χ1v) is 13.6. The number of amides is 3. The molecule has 1 aromatic carbocycles. The molecule has 0 bridgehead atoms. The van der Waals surface area contributed by atoms with Crippen LogP contribution < -0.4 is 10.6 Å². The van der Waals surface area contributed by atoms with E-state index in [0.29, 0.717) is 17.6 Å². The van der Waals surface area contributed by atoms with Gasteiger partial charge in [-0.2, -0.15) is 13.2 Å². The Labute approximate surface area is 239 Å². The second-order valence-electron chi connectivity index (χ2n) is 11.9. The number of halogens is 3. The number of ether oxygens (including phenoxy) is 2. The molecule has 0 radical (unpaired) electrons. The van der Waals surface area contributed by atoms with Gasteiger partial charge in [0.25, 0.3) is 5.91 Å². The van der Waals surface area contributed by atoms with Gasteiger partial charge in [0.2, 0.25) is 5.96 Å². The number of nitrogens with zero attached hydrogens (tertiary/aromatic N) is 2. The summed E-state index contributed by atoms with van der Waals surface area (Å²) in [6.45, 7) is 14.1. The van der Waals surface area contributed by atoms with Crippen LogP contribution in [0.25, 0.3) is 5.57 Å². The maximum absolute atomic E-state index is 14.0. The maximum atomic E-state index is 14.0. The predicted molar refractivity (Wildman–Crippen MR) is 150 cm³/mol. The summed E-state index contributed by atoms with van der Waals surface area (Å²) in [5.41, 5.74) is -2.13. The van der Waals surface area contributed by atoms with Crippen molar-refractivity contribution >= 4 is 29.6 Å². The summed E-state index contributed by atoms with van der Waals surface area (Å²) in [5, 5.41) is 5.11. The molecule has 1 heterocycles. The zero-order valence-corrected chi connectivity index (χ0v) is 25.0. The number of alkyl carbamates (subject to hydrolysis) is 1. The van der Waals surface area contributed by atoms with Gasteiger partial charge in [0, 0.05) is 19.1 Å². The second-order valence-corrected chi connectivity index (χ2v) is 11.9. The molecule has 1 aliphatic heterocycles. The summed E-state index contributed by atoms with van der Waals surface area (Å²) >= 11 is 0. The number of rotatable bonds is 5. The summed E-state index contributed by atoms with van der Waals surface area (Å²) in [7, 11) is 0. The largest absolute Gasteiger partial charge is 0.444 e. The molecule has 1 unspecified atom stereocenters. The standard InChI is InChI=1S/C29H41F3N4O5/c1-9-10-18(2)33-23(37)21-12-11-20(17-22(21)29(30,31)32)19-13-15-36(16-14-19)24(34-25(38)40-27(3,4)5)35-26(39)41-28(6,7)8/h11-13,17-18H,9-10,14-16H2,1-8H3,(H,33,37)(H,34,35,38,39). The SMILES string of the molecule is CCCC(C)NC(=O)c1ccc(C2=CCN(C(=NC(=O)OC(C)(C)C)NC(=O)OC(C)(C)C)CC2)cc1C(F)(F)F. The molecular weight excluding hydrogens is 541 g/mol. The molecule has 1 atom stereocenters. The maximum Gasteiger partial charge on any atom is 0.437 e. The van der Waals surface area contributed by atoms with Crippen molar-refractivity contribution in [3.8, 4) is 0 Å². The number of nitrogens with one attached hydrogen (secondary N) is 2. The lowest BCUT2D eigenvalue weighted by atomic mass is 9.94. The molecule has 12 heteroatoms. The lowest BCUT2D eigenvalue weighted by molar-refractivity contribution is -0.138. The molecule has 2 N–H and O–H groups in total. The van der Waals surface area contributed by atoms with E-state index < -0.39 is 46.6 Å². The number of hydrogen-bond donors (Lipinski definition) is 2. The van der Waals surface area contributed by atoms with Crippen molar-refractivity contribution < 1.29 is 37.0 Å². The van der Waals surface area contributed by atoms with E-state index in [2.05, 4.69) is 15.6 Å². The highest BCUT2D eigenvalue weighted by molar-refractivity contribution is 5.99. The highest BCUT2D eigenvalue weighted by Crippen LogP contribution is 2.35. The summed E-state index contributed by atoms with van der Waals surface area (Å²) in [4.78, 5) is 43.0. The van der Waals surface area contributed by atoms with Gasteiger partial charge in [-0.25, -0.2) is 9.59 Å². The quantitative estimate of drug-likeness (QED) is 0.302. The summed E-state index contributed by atoms with van der Waals surface area (Å²) < 4.78 is 52.4. The zero-order valence-electron chi connectivity index (χ0n) is 25.0. The molecule has 9 nitrogen and oxygen atoms in total. The number of carbonyl (C=O) groups is 3. The smallest absolute Gasteiger partial charge is 0.437 e. The van der Waals surface area contributed by atoms with E-state index in [-0.39, 0.29) is 31.5 Å².